The van der Waals surface area contributed by atoms with Crippen LogP contribution >= 0.6 is 0 Å². The molecule has 17 heavy (non-hydrogen) atoms. The summed E-state index contributed by atoms with van der Waals surface area (Å²) in [6, 6.07) is 3.60. The summed E-state index contributed by atoms with van der Waals surface area (Å²) in [5.74, 6) is 0. The van der Waals surface area contributed by atoms with E-state index < -0.39 is 10.0 Å². The van der Waals surface area contributed by atoms with Crippen LogP contribution in [0.25, 0.3) is 5.65 Å². The van der Waals surface area contributed by atoms with Gasteiger partial charge in [-0.15, -0.1) is 0 Å². The maximum atomic E-state index is 11.5. The zero-order valence-electron chi connectivity index (χ0n) is 9.71. The predicted octanol–water partition coefficient (Wildman–Crippen LogP) is 0.638. The van der Waals surface area contributed by atoms with Gasteiger partial charge in [0.25, 0.3) is 10.0 Å². The lowest BCUT2D eigenvalue weighted by Crippen LogP contribution is -2.17. The number of nitrogens with zero attached hydrogens (tertiary/aromatic N) is 3. The van der Waals surface area contributed by atoms with E-state index in [0.717, 1.165) is 18.5 Å². The van der Waals surface area contributed by atoms with E-state index in [2.05, 4.69) is 10.1 Å². The zero-order chi connectivity index (χ0) is 12.6. The van der Waals surface area contributed by atoms with Gasteiger partial charge in [0, 0.05) is 0 Å². The molecule has 0 bridgehead atoms. The van der Waals surface area contributed by atoms with E-state index in [1.165, 1.54) is 4.52 Å². The van der Waals surface area contributed by atoms with E-state index in [4.69, 9.17) is 5.14 Å². The molecule has 0 fully saturated rings. The quantitative estimate of drug-likeness (QED) is 0.870. The molecule has 0 saturated carbocycles. The molecule has 2 rings (SSSR count). The van der Waals surface area contributed by atoms with Gasteiger partial charge in [-0.2, -0.15) is 5.10 Å². The summed E-state index contributed by atoms with van der Waals surface area (Å²) in [5, 5.41) is 9.37. The van der Waals surface area contributed by atoms with E-state index in [1.807, 2.05) is 13.0 Å². The largest absolute Gasteiger partial charge is 0.257 e. The molecule has 0 saturated heterocycles. The Morgan fingerprint density at radius 1 is 1.41 bits per heavy atom. The molecular formula is C10H14N4O2S. The standard InChI is InChI=1S/C10H14N4O2S/c1-3-4-8-5-6-9-12-7(2)10(14(9)13-8)17(11,15)16/h5-6H,3-4H2,1-2H3,(H2,11,15,16). The minimum Gasteiger partial charge on any atom is -0.231 e. The summed E-state index contributed by atoms with van der Waals surface area (Å²) >= 11 is 0. The highest BCUT2D eigenvalue weighted by Gasteiger charge is 2.20. The van der Waals surface area contributed by atoms with Crippen molar-refractivity contribution in [3.63, 3.8) is 0 Å². The van der Waals surface area contributed by atoms with Crippen LogP contribution in [0.1, 0.15) is 24.7 Å². The van der Waals surface area contributed by atoms with Crippen molar-refractivity contribution in [2.75, 3.05) is 0 Å². The minimum atomic E-state index is -3.81. The fraction of sp³-hybridized carbons (Fsp3) is 0.400. The third kappa shape index (κ3) is 2.16. The molecule has 2 N–H and O–H groups in total. The lowest BCUT2D eigenvalue weighted by atomic mass is 10.2. The number of aryl methyl sites for hydroxylation is 2. The molecule has 0 unspecified atom stereocenters. The van der Waals surface area contributed by atoms with E-state index in [1.54, 1.807) is 13.0 Å². The number of sulfonamides is 1. The molecule has 92 valence electrons. The van der Waals surface area contributed by atoms with Crippen LogP contribution in [0.3, 0.4) is 0 Å². The number of aromatic nitrogens is 3. The molecular weight excluding hydrogens is 240 g/mol. The smallest absolute Gasteiger partial charge is 0.231 e. The highest BCUT2D eigenvalue weighted by molar-refractivity contribution is 7.89. The monoisotopic (exact) mass is 254 g/mol. The van der Waals surface area contributed by atoms with Crippen LogP contribution in [-0.4, -0.2) is 23.0 Å². The first kappa shape index (κ1) is 12.0. The van der Waals surface area contributed by atoms with Gasteiger partial charge in [-0.05, 0) is 25.5 Å². The van der Waals surface area contributed by atoms with E-state index in [-0.39, 0.29) is 5.03 Å². The van der Waals surface area contributed by atoms with Crippen molar-refractivity contribution in [1.29, 1.82) is 0 Å². The van der Waals surface area contributed by atoms with Gasteiger partial charge < -0.3 is 0 Å². The molecule has 2 heterocycles. The van der Waals surface area contributed by atoms with Crippen LogP contribution in [-0.2, 0) is 16.4 Å². The Balaban J connectivity index is 2.74. The van der Waals surface area contributed by atoms with Crippen molar-refractivity contribution in [3.05, 3.63) is 23.5 Å². The van der Waals surface area contributed by atoms with Crippen molar-refractivity contribution >= 4 is 15.7 Å². The highest BCUT2D eigenvalue weighted by atomic mass is 32.2. The van der Waals surface area contributed by atoms with Crippen LogP contribution in [0.4, 0.5) is 0 Å². The van der Waals surface area contributed by atoms with Gasteiger partial charge in [-0.1, -0.05) is 13.3 Å². The second-order valence-corrected chi connectivity index (χ2v) is 5.37. The van der Waals surface area contributed by atoms with Crippen LogP contribution in [0.2, 0.25) is 0 Å². The first-order valence-electron chi connectivity index (χ1n) is 5.31. The molecule has 0 radical (unpaired) electrons. The van der Waals surface area contributed by atoms with Gasteiger partial charge in [0.05, 0.1) is 11.4 Å². The summed E-state index contributed by atoms with van der Waals surface area (Å²) in [6.45, 7) is 3.64. The maximum absolute atomic E-state index is 11.5. The van der Waals surface area contributed by atoms with Gasteiger partial charge >= 0.3 is 0 Å². The second kappa shape index (κ2) is 4.08. The molecule has 0 aliphatic heterocycles. The normalized spacial score (nSPS) is 12.2. The lowest BCUT2D eigenvalue weighted by Gasteiger charge is -2.01. The summed E-state index contributed by atoms with van der Waals surface area (Å²) < 4.78 is 24.3. The van der Waals surface area contributed by atoms with Crippen LogP contribution in [0, 0.1) is 6.92 Å². The number of rotatable bonds is 3. The fourth-order valence-electron chi connectivity index (χ4n) is 1.78. The highest BCUT2D eigenvalue weighted by Crippen LogP contribution is 2.15. The van der Waals surface area contributed by atoms with Crippen molar-refractivity contribution in [1.82, 2.24) is 14.6 Å². The Morgan fingerprint density at radius 3 is 2.71 bits per heavy atom. The lowest BCUT2D eigenvalue weighted by molar-refractivity contribution is 0.588. The van der Waals surface area contributed by atoms with Crippen molar-refractivity contribution < 1.29 is 8.42 Å². The fourth-order valence-corrected chi connectivity index (χ4v) is 2.61. The molecule has 0 amide bonds. The Bertz CT molecular complexity index is 660. The van der Waals surface area contributed by atoms with Crippen molar-refractivity contribution in [2.45, 2.75) is 31.7 Å². The number of fused-ring (bicyclic) bond motifs is 1. The number of nitrogens with two attached hydrogens (primary N) is 1. The molecule has 6 nitrogen and oxygen atoms in total. The first-order chi connectivity index (χ1) is 7.93. The molecule has 7 heteroatoms. The third-order valence-electron chi connectivity index (χ3n) is 2.43. The molecule has 2 aromatic heterocycles. The number of hydrogen-bond acceptors (Lipinski definition) is 4. The van der Waals surface area contributed by atoms with Gasteiger partial charge in [-0.25, -0.2) is 23.1 Å². The summed E-state index contributed by atoms with van der Waals surface area (Å²) in [4.78, 5) is 4.12. The summed E-state index contributed by atoms with van der Waals surface area (Å²) in [7, 11) is -3.81. The number of imidazole rings is 1. The topological polar surface area (TPSA) is 90.3 Å². The summed E-state index contributed by atoms with van der Waals surface area (Å²) in [5.41, 5.74) is 1.68. The molecule has 0 aliphatic carbocycles. The van der Waals surface area contributed by atoms with Crippen molar-refractivity contribution in [3.8, 4) is 0 Å². The first-order valence-corrected chi connectivity index (χ1v) is 6.86. The molecule has 0 aromatic carbocycles. The molecule has 0 spiro atoms. The van der Waals surface area contributed by atoms with Gasteiger partial charge in [0.2, 0.25) is 0 Å². The molecule has 0 atom stereocenters. The van der Waals surface area contributed by atoms with E-state index in [0.29, 0.717) is 11.3 Å². The van der Waals surface area contributed by atoms with Crippen LogP contribution in [0.5, 0.6) is 0 Å². The van der Waals surface area contributed by atoms with Gasteiger partial charge in [0.1, 0.15) is 0 Å². The SMILES string of the molecule is CCCc1ccc2nc(C)c(S(N)(=O)=O)n2n1. The van der Waals surface area contributed by atoms with E-state index in [9.17, 15) is 8.42 Å². The zero-order valence-corrected chi connectivity index (χ0v) is 10.5. The Labute approximate surface area is 99.5 Å². The second-order valence-electron chi connectivity index (χ2n) is 3.89. The third-order valence-corrected chi connectivity index (χ3v) is 3.44. The van der Waals surface area contributed by atoms with E-state index >= 15 is 0 Å². The van der Waals surface area contributed by atoms with Crippen LogP contribution in [0.15, 0.2) is 17.2 Å². The van der Waals surface area contributed by atoms with Crippen LogP contribution < -0.4 is 5.14 Å². The number of hydrogen-bond donors (Lipinski definition) is 1. The average Bonchev–Trinajstić information content (AvgIpc) is 2.53. The molecule has 0 aliphatic rings. The number of primary sulfonamides is 1. The Kier molecular flexibility index (Phi) is 2.88. The minimum absolute atomic E-state index is 0.0366. The summed E-state index contributed by atoms with van der Waals surface area (Å²) in [6.07, 6.45) is 1.73. The molecule has 2 aromatic rings. The average molecular weight is 254 g/mol. The van der Waals surface area contributed by atoms with Gasteiger partial charge in [-0.3, -0.25) is 0 Å². The maximum Gasteiger partial charge on any atom is 0.257 e. The predicted molar refractivity (Wildman–Crippen MR) is 63.1 cm³/mol. The Morgan fingerprint density at radius 2 is 2.12 bits per heavy atom. The Hall–Kier alpha value is -1.47. The van der Waals surface area contributed by atoms with Gasteiger partial charge in [0.15, 0.2) is 10.7 Å². The van der Waals surface area contributed by atoms with Crippen molar-refractivity contribution in [2.24, 2.45) is 5.14 Å².